The van der Waals surface area contributed by atoms with Crippen LogP contribution in [0.4, 0.5) is 0 Å². The molecule has 1 unspecified atom stereocenters. The molecule has 0 saturated carbocycles. The smallest absolute Gasteiger partial charge is 0.250 e. The van der Waals surface area contributed by atoms with Gasteiger partial charge in [-0.2, -0.15) is 0 Å². The second-order valence-electron chi connectivity index (χ2n) is 3.73. The summed E-state index contributed by atoms with van der Waals surface area (Å²) in [6.07, 6.45) is 1.55. The number of pyridine rings is 1. The van der Waals surface area contributed by atoms with E-state index in [0.29, 0.717) is 5.52 Å². The molecule has 94 valence electrons. The number of nitrogens with two attached hydrogens (primary N) is 2. The van der Waals surface area contributed by atoms with E-state index in [1.165, 1.54) is 12.1 Å². The van der Waals surface area contributed by atoms with Crippen LogP contribution >= 0.6 is 0 Å². The lowest BCUT2D eigenvalue weighted by Gasteiger charge is -2.09. The van der Waals surface area contributed by atoms with Gasteiger partial charge in [0.25, 0.3) is 0 Å². The first-order chi connectivity index (χ1) is 8.43. The lowest BCUT2D eigenvalue weighted by Crippen LogP contribution is -2.43. The molecule has 0 fully saturated rings. The number of hydrogen-bond donors (Lipinski definition) is 2. The molecule has 0 aliphatic rings. The van der Waals surface area contributed by atoms with E-state index < -0.39 is 21.1 Å². The molecule has 2 aromatic rings. The number of amides is 1. The first-order valence-electron chi connectivity index (χ1n) is 5.06. The lowest BCUT2D eigenvalue weighted by molar-refractivity contribution is -0.117. The third-order valence-electron chi connectivity index (χ3n) is 2.52. The zero-order valence-corrected chi connectivity index (χ0v) is 10.1. The van der Waals surface area contributed by atoms with Crippen LogP contribution in [-0.4, -0.2) is 24.7 Å². The van der Waals surface area contributed by atoms with Crippen LogP contribution in [0.5, 0.6) is 0 Å². The van der Waals surface area contributed by atoms with Gasteiger partial charge in [0.15, 0.2) is 5.37 Å². The van der Waals surface area contributed by atoms with Gasteiger partial charge in [0.2, 0.25) is 15.7 Å². The van der Waals surface area contributed by atoms with Crippen molar-refractivity contribution >= 4 is 26.6 Å². The molecule has 18 heavy (non-hydrogen) atoms. The van der Waals surface area contributed by atoms with E-state index >= 15 is 0 Å². The topological polar surface area (TPSA) is 116 Å². The van der Waals surface area contributed by atoms with Gasteiger partial charge in [0.1, 0.15) is 0 Å². The highest BCUT2D eigenvalue weighted by molar-refractivity contribution is 7.92. The zero-order chi connectivity index (χ0) is 13.3. The van der Waals surface area contributed by atoms with Crippen molar-refractivity contribution in [2.24, 2.45) is 11.5 Å². The van der Waals surface area contributed by atoms with E-state index in [0.717, 1.165) is 5.39 Å². The molecule has 1 amide bonds. The van der Waals surface area contributed by atoms with Crippen molar-refractivity contribution in [1.82, 2.24) is 4.98 Å². The SMILES string of the molecule is NC(=O)C(N)S(=O)(=O)c1ccc2cccnc2c1. The van der Waals surface area contributed by atoms with Crippen molar-refractivity contribution in [3.05, 3.63) is 36.5 Å². The summed E-state index contributed by atoms with van der Waals surface area (Å²) in [4.78, 5) is 14.9. The van der Waals surface area contributed by atoms with Crippen LogP contribution in [-0.2, 0) is 14.6 Å². The summed E-state index contributed by atoms with van der Waals surface area (Å²) < 4.78 is 23.9. The molecule has 0 radical (unpaired) electrons. The molecule has 0 aliphatic heterocycles. The minimum atomic E-state index is -3.97. The molecular weight excluding hydrogens is 254 g/mol. The standard InChI is InChI=1S/C11H11N3O3S/c12-10(15)11(13)18(16,17)8-4-3-7-2-1-5-14-9(7)6-8/h1-6,11H,13H2,(H2,12,15). The molecule has 6 nitrogen and oxygen atoms in total. The van der Waals surface area contributed by atoms with Crippen LogP contribution in [0.15, 0.2) is 41.4 Å². The minimum Gasteiger partial charge on any atom is -0.367 e. The second-order valence-corrected chi connectivity index (χ2v) is 5.80. The van der Waals surface area contributed by atoms with Gasteiger partial charge >= 0.3 is 0 Å². The molecule has 1 aromatic heterocycles. The Labute approximate surface area is 104 Å². The lowest BCUT2D eigenvalue weighted by atomic mass is 10.2. The summed E-state index contributed by atoms with van der Waals surface area (Å²) in [5.74, 6) is -1.09. The summed E-state index contributed by atoms with van der Waals surface area (Å²) in [6, 6.07) is 7.89. The molecule has 0 saturated heterocycles. The molecule has 2 rings (SSSR count). The van der Waals surface area contributed by atoms with Crippen molar-refractivity contribution < 1.29 is 13.2 Å². The normalized spacial score (nSPS) is 13.4. The molecule has 1 atom stereocenters. The predicted octanol–water partition coefficient (Wildman–Crippen LogP) is -0.221. The average Bonchev–Trinajstić information content (AvgIpc) is 2.37. The number of carbonyl (C=O) groups is 1. The predicted molar refractivity (Wildman–Crippen MR) is 66.1 cm³/mol. The Kier molecular flexibility index (Phi) is 3.02. The Bertz CT molecular complexity index is 712. The van der Waals surface area contributed by atoms with Crippen molar-refractivity contribution in [3.8, 4) is 0 Å². The quantitative estimate of drug-likeness (QED) is 0.795. The Balaban J connectivity index is 2.58. The number of carbonyl (C=O) groups excluding carboxylic acids is 1. The number of hydrogen-bond acceptors (Lipinski definition) is 5. The van der Waals surface area contributed by atoms with Crippen LogP contribution in [0.3, 0.4) is 0 Å². The van der Waals surface area contributed by atoms with Gasteiger partial charge < -0.3 is 11.5 Å². The van der Waals surface area contributed by atoms with Gasteiger partial charge in [-0.25, -0.2) is 8.42 Å². The molecule has 1 heterocycles. The summed E-state index contributed by atoms with van der Waals surface area (Å²) in [7, 11) is -3.97. The minimum absolute atomic E-state index is 0.0694. The van der Waals surface area contributed by atoms with Crippen molar-refractivity contribution in [1.29, 1.82) is 0 Å². The second kappa shape index (κ2) is 4.35. The molecule has 7 heteroatoms. The van der Waals surface area contributed by atoms with E-state index in [4.69, 9.17) is 11.5 Å². The summed E-state index contributed by atoms with van der Waals surface area (Å²) in [6.45, 7) is 0. The number of fused-ring (bicyclic) bond motifs is 1. The van der Waals surface area contributed by atoms with Crippen LogP contribution in [0.1, 0.15) is 0 Å². The van der Waals surface area contributed by atoms with E-state index in [2.05, 4.69) is 4.98 Å². The van der Waals surface area contributed by atoms with E-state index in [1.807, 2.05) is 0 Å². The highest BCUT2D eigenvalue weighted by atomic mass is 32.2. The maximum atomic E-state index is 12.0. The summed E-state index contributed by atoms with van der Waals surface area (Å²) in [5, 5.41) is -0.956. The maximum absolute atomic E-state index is 12.0. The number of primary amides is 1. The molecule has 0 aliphatic carbocycles. The van der Waals surface area contributed by atoms with E-state index in [-0.39, 0.29) is 4.90 Å². The largest absolute Gasteiger partial charge is 0.367 e. The fourth-order valence-electron chi connectivity index (χ4n) is 1.52. The fourth-order valence-corrected chi connectivity index (χ4v) is 2.66. The monoisotopic (exact) mass is 265 g/mol. The summed E-state index contributed by atoms with van der Waals surface area (Å²) >= 11 is 0. The molecule has 4 N–H and O–H groups in total. The van der Waals surface area contributed by atoms with Crippen molar-refractivity contribution in [3.63, 3.8) is 0 Å². The fraction of sp³-hybridized carbons (Fsp3) is 0.0909. The summed E-state index contributed by atoms with van der Waals surface area (Å²) in [5.41, 5.74) is 10.7. The Morgan fingerprint density at radius 3 is 2.67 bits per heavy atom. The number of sulfone groups is 1. The Morgan fingerprint density at radius 1 is 1.28 bits per heavy atom. The number of aromatic nitrogens is 1. The molecular formula is C11H11N3O3S. The van der Waals surface area contributed by atoms with Gasteiger partial charge in [-0.3, -0.25) is 9.78 Å². The van der Waals surface area contributed by atoms with E-state index in [1.54, 1.807) is 24.4 Å². The average molecular weight is 265 g/mol. The van der Waals surface area contributed by atoms with E-state index in [9.17, 15) is 13.2 Å². The Morgan fingerprint density at radius 2 is 2.00 bits per heavy atom. The maximum Gasteiger partial charge on any atom is 0.250 e. The molecule has 1 aromatic carbocycles. The number of rotatable bonds is 3. The van der Waals surface area contributed by atoms with Crippen molar-refractivity contribution in [2.45, 2.75) is 10.3 Å². The van der Waals surface area contributed by atoms with Crippen LogP contribution in [0, 0.1) is 0 Å². The van der Waals surface area contributed by atoms with Gasteiger partial charge in [-0.15, -0.1) is 0 Å². The number of nitrogens with zero attached hydrogens (tertiary/aromatic N) is 1. The zero-order valence-electron chi connectivity index (χ0n) is 9.28. The highest BCUT2D eigenvalue weighted by Crippen LogP contribution is 2.19. The van der Waals surface area contributed by atoms with Gasteiger partial charge in [-0.05, 0) is 18.2 Å². The number of benzene rings is 1. The van der Waals surface area contributed by atoms with Crippen LogP contribution in [0.2, 0.25) is 0 Å². The third kappa shape index (κ3) is 2.05. The molecule has 0 spiro atoms. The van der Waals surface area contributed by atoms with Crippen molar-refractivity contribution in [2.75, 3.05) is 0 Å². The van der Waals surface area contributed by atoms with Crippen LogP contribution in [0.25, 0.3) is 10.9 Å². The third-order valence-corrected chi connectivity index (χ3v) is 4.33. The van der Waals surface area contributed by atoms with Gasteiger partial charge in [0.05, 0.1) is 10.4 Å². The van der Waals surface area contributed by atoms with Gasteiger partial charge in [0, 0.05) is 11.6 Å². The molecule has 0 bridgehead atoms. The van der Waals surface area contributed by atoms with Gasteiger partial charge in [-0.1, -0.05) is 12.1 Å². The van der Waals surface area contributed by atoms with Crippen LogP contribution < -0.4 is 11.5 Å². The first-order valence-corrected chi connectivity index (χ1v) is 6.61. The highest BCUT2D eigenvalue weighted by Gasteiger charge is 2.28. The Hall–Kier alpha value is -1.99. The first kappa shape index (κ1) is 12.5.